The van der Waals surface area contributed by atoms with Crippen molar-refractivity contribution in [2.24, 2.45) is 11.8 Å². The van der Waals surface area contributed by atoms with Gasteiger partial charge in [-0.1, -0.05) is 44.2 Å². The molecule has 1 aromatic carbocycles. The molecule has 2 atom stereocenters. The van der Waals surface area contributed by atoms with Gasteiger partial charge in [-0.25, -0.2) is 0 Å². The van der Waals surface area contributed by atoms with Crippen LogP contribution >= 0.6 is 11.3 Å². The predicted octanol–water partition coefficient (Wildman–Crippen LogP) is 4.51. The lowest BCUT2D eigenvalue weighted by atomic mass is 9.92. The number of carbonyl (C=O) groups excluding carboxylic acids is 1. The Morgan fingerprint density at radius 3 is 2.60 bits per heavy atom. The summed E-state index contributed by atoms with van der Waals surface area (Å²) < 4.78 is 0. The standard InChI is InChI=1S/C21H28N2OS/c1-16-13-17(2)15-23(14-16)11-6-10-22-21(24)20-19(9-12-25-20)18-7-4-3-5-8-18/h3-5,7-9,12,16-17H,6,10-11,13-15H2,1-2H3,(H,22,24). The summed E-state index contributed by atoms with van der Waals surface area (Å²) in [6.07, 6.45) is 2.35. The first-order chi connectivity index (χ1) is 12.1. The first-order valence-electron chi connectivity index (χ1n) is 9.27. The highest BCUT2D eigenvalue weighted by Gasteiger charge is 2.21. The maximum Gasteiger partial charge on any atom is 0.261 e. The summed E-state index contributed by atoms with van der Waals surface area (Å²) in [6, 6.07) is 12.2. The topological polar surface area (TPSA) is 32.3 Å². The number of carbonyl (C=O) groups is 1. The van der Waals surface area contributed by atoms with Crippen LogP contribution in [0.4, 0.5) is 0 Å². The number of hydrogen-bond acceptors (Lipinski definition) is 3. The van der Waals surface area contributed by atoms with Crippen molar-refractivity contribution in [2.45, 2.75) is 26.7 Å². The first kappa shape index (κ1) is 18.2. The summed E-state index contributed by atoms with van der Waals surface area (Å²) in [5, 5.41) is 5.10. The summed E-state index contributed by atoms with van der Waals surface area (Å²) >= 11 is 1.52. The smallest absolute Gasteiger partial charge is 0.261 e. The van der Waals surface area contributed by atoms with Gasteiger partial charge in [0.1, 0.15) is 0 Å². The molecule has 0 bridgehead atoms. The Kier molecular flexibility index (Phi) is 6.27. The summed E-state index contributed by atoms with van der Waals surface area (Å²) in [5.74, 6) is 1.63. The zero-order valence-corrected chi connectivity index (χ0v) is 16.0. The Morgan fingerprint density at radius 1 is 1.16 bits per heavy atom. The van der Waals surface area contributed by atoms with E-state index in [1.54, 1.807) is 0 Å². The minimum absolute atomic E-state index is 0.0502. The van der Waals surface area contributed by atoms with Gasteiger partial charge in [-0.2, -0.15) is 0 Å². The van der Waals surface area contributed by atoms with Gasteiger partial charge in [0, 0.05) is 25.2 Å². The molecule has 0 aliphatic carbocycles. The number of nitrogens with zero attached hydrogens (tertiary/aromatic N) is 1. The number of hydrogen-bond donors (Lipinski definition) is 1. The average Bonchev–Trinajstić information content (AvgIpc) is 3.08. The van der Waals surface area contributed by atoms with Gasteiger partial charge >= 0.3 is 0 Å². The molecular weight excluding hydrogens is 328 g/mol. The molecule has 0 spiro atoms. The van der Waals surface area contributed by atoms with E-state index in [9.17, 15) is 4.79 Å². The van der Waals surface area contributed by atoms with E-state index in [4.69, 9.17) is 0 Å². The van der Waals surface area contributed by atoms with Gasteiger partial charge in [0.15, 0.2) is 0 Å². The molecule has 0 radical (unpaired) electrons. The van der Waals surface area contributed by atoms with Crippen molar-refractivity contribution in [1.29, 1.82) is 0 Å². The fourth-order valence-corrected chi connectivity index (χ4v) is 4.72. The van der Waals surface area contributed by atoms with Crippen LogP contribution in [-0.4, -0.2) is 37.0 Å². The van der Waals surface area contributed by atoms with E-state index in [0.717, 1.165) is 47.4 Å². The normalized spacial score (nSPS) is 21.2. The minimum Gasteiger partial charge on any atom is -0.351 e. The molecule has 3 nitrogen and oxygen atoms in total. The quantitative estimate of drug-likeness (QED) is 0.772. The highest BCUT2D eigenvalue weighted by atomic mass is 32.1. The molecule has 1 saturated heterocycles. The highest BCUT2D eigenvalue weighted by Crippen LogP contribution is 2.28. The third-order valence-corrected chi connectivity index (χ3v) is 5.75. The minimum atomic E-state index is 0.0502. The molecule has 3 rings (SSSR count). The van der Waals surface area contributed by atoms with Crippen LogP contribution in [0.25, 0.3) is 11.1 Å². The summed E-state index contributed by atoms with van der Waals surface area (Å²) in [5.41, 5.74) is 2.13. The maximum absolute atomic E-state index is 12.5. The van der Waals surface area contributed by atoms with Crippen molar-refractivity contribution in [3.8, 4) is 11.1 Å². The molecule has 1 aliphatic rings. The number of nitrogens with one attached hydrogen (secondary N) is 1. The largest absolute Gasteiger partial charge is 0.351 e. The van der Waals surface area contributed by atoms with Gasteiger partial charge in [-0.05, 0) is 48.2 Å². The molecule has 1 aromatic heterocycles. The van der Waals surface area contributed by atoms with Gasteiger partial charge in [0.05, 0.1) is 4.88 Å². The van der Waals surface area contributed by atoms with Crippen molar-refractivity contribution in [3.05, 3.63) is 46.7 Å². The summed E-state index contributed by atoms with van der Waals surface area (Å²) in [7, 11) is 0. The van der Waals surface area contributed by atoms with E-state index in [-0.39, 0.29) is 5.91 Å². The highest BCUT2D eigenvalue weighted by molar-refractivity contribution is 7.12. The second-order valence-corrected chi connectivity index (χ2v) is 8.26. The van der Waals surface area contributed by atoms with E-state index in [0.29, 0.717) is 0 Å². The van der Waals surface area contributed by atoms with E-state index in [2.05, 4.69) is 36.2 Å². The van der Waals surface area contributed by atoms with Crippen LogP contribution in [-0.2, 0) is 0 Å². The first-order valence-corrected chi connectivity index (χ1v) is 10.1. The molecular formula is C21H28N2OS. The van der Waals surface area contributed by atoms with Crippen LogP contribution in [0.5, 0.6) is 0 Å². The maximum atomic E-state index is 12.5. The van der Waals surface area contributed by atoms with Crippen LogP contribution in [0.2, 0.25) is 0 Å². The van der Waals surface area contributed by atoms with Crippen molar-refractivity contribution < 1.29 is 4.79 Å². The van der Waals surface area contributed by atoms with Gasteiger partial charge in [-0.3, -0.25) is 4.79 Å². The Labute approximate surface area is 155 Å². The van der Waals surface area contributed by atoms with E-state index in [1.165, 1.54) is 30.8 Å². The van der Waals surface area contributed by atoms with Crippen molar-refractivity contribution >= 4 is 17.2 Å². The average molecular weight is 357 g/mol. The lowest BCUT2D eigenvalue weighted by Gasteiger charge is -2.34. The predicted molar refractivity (Wildman–Crippen MR) is 106 cm³/mol. The third kappa shape index (κ3) is 4.93. The summed E-state index contributed by atoms with van der Waals surface area (Å²) in [4.78, 5) is 15.9. The number of amides is 1. The Bertz CT molecular complexity index is 672. The van der Waals surface area contributed by atoms with Crippen LogP contribution in [0.15, 0.2) is 41.8 Å². The fourth-order valence-electron chi connectivity index (χ4n) is 3.89. The molecule has 1 N–H and O–H groups in total. The number of likely N-dealkylation sites (tertiary alicyclic amines) is 1. The van der Waals surface area contributed by atoms with E-state index in [1.807, 2.05) is 29.6 Å². The van der Waals surface area contributed by atoms with Gasteiger partial charge in [0.25, 0.3) is 5.91 Å². The molecule has 2 aromatic rings. The molecule has 1 fully saturated rings. The number of benzene rings is 1. The zero-order chi connectivity index (χ0) is 17.6. The van der Waals surface area contributed by atoms with Crippen LogP contribution in [0.3, 0.4) is 0 Å². The summed E-state index contributed by atoms with van der Waals surface area (Å²) in [6.45, 7) is 8.89. The second-order valence-electron chi connectivity index (χ2n) is 7.34. The van der Waals surface area contributed by atoms with E-state index < -0.39 is 0 Å². The van der Waals surface area contributed by atoms with Gasteiger partial charge in [-0.15, -0.1) is 11.3 Å². The molecule has 25 heavy (non-hydrogen) atoms. The lowest BCUT2D eigenvalue weighted by Crippen LogP contribution is -2.40. The molecule has 134 valence electrons. The number of piperidine rings is 1. The molecule has 4 heteroatoms. The van der Waals surface area contributed by atoms with Gasteiger partial charge in [0.2, 0.25) is 0 Å². The molecule has 2 unspecified atom stereocenters. The monoisotopic (exact) mass is 356 g/mol. The van der Waals surface area contributed by atoms with Crippen molar-refractivity contribution in [1.82, 2.24) is 10.2 Å². The second kappa shape index (κ2) is 8.63. The van der Waals surface area contributed by atoms with Crippen molar-refractivity contribution in [2.75, 3.05) is 26.2 Å². The zero-order valence-electron chi connectivity index (χ0n) is 15.2. The lowest BCUT2D eigenvalue weighted by molar-refractivity contribution is 0.0952. The van der Waals surface area contributed by atoms with Crippen LogP contribution in [0, 0.1) is 11.8 Å². The van der Waals surface area contributed by atoms with Gasteiger partial charge < -0.3 is 10.2 Å². The SMILES string of the molecule is CC1CC(C)CN(CCCNC(=O)c2sccc2-c2ccccc2)C1. The van der Waals surface area contributed by atoms with Crippen LogP contribution in [0.1, 0.15) is 36.4 Å². The van der Waals surface area contributed by atoms with E-state index >= 15 is 0 Å². The molecule has 1 amide bonds. The molecule has 2 heterocycles. The molecule has 0 saturated carbocycles. The third-order valence-electron chi connectivity index (χ3n) is 4.84. The number of thiophene rings is 1. The van der Waals surface area contributed by atoms with Crippen LogP contribution < -0.4 is 5.32 Å². The Hall–Kier alpha value is -1.65. The van der Waals surface area contributed by atoms with Crippen molar-refractivity contribution in [3.63, 3.8) is 0 Å². The Balaban J connectivity index is 1.48. The Morgan fingerprint density at radius 2 is 1.88 bits per heavy atom. The fraction of sp³-hybridized carbons (Fsp3) is 0.476. The number of rotatable bonds is 6. The molecule has 1 aliphatic heterocycles.